The minimum atomic E-state index is -4.62. The lowest BCUT2D eigenvalue weighted by molar-refractivity contribution is -0.137. The Hall–Kier alpha value is -3.04. The fourth-order valence-corrected chi connectivity index (χ4v) is 4.21. The molecule has 0 spiro atoms. The second-order valence-corrected chi connectivity index (χ2v) is 8.83. The van der Waals surface area contributed by atoms with Gasteiger partial charge in [0.15, 0.2) is 0 Å². The fourth-order valence-electron chi connectivity index (χ4n) is 2.81. The summed E-state index contributed by atoms with van der Waals surface area (Å²) in [5.74, 6) is -0.813. The van der Waals surface area contributed by atoms with E-state index < -0.39 is 27.7 Å². The van der Waals surface area contributed by atoms with Crippen LogP contribution in [0.3, 0.4) is 0 Å². The van der Waals surface area contributed by atoms with Crippen molar-refractivity contribution in [2.75, 3.05) is 16.7 Å². The lowest BCUT2D eigenvalue weighted by Gasteiger charge is -2.22. The van der Waals surface area contributed by atoms with Gasteiger partial charge in [-0.25, -0.2) is 8.42 Å². The molecule has 31 heavy (non-hydrogen) atoms. The number of benzene rings is 3. The first kappa shape index (κ1) is 22.6. The Morgan fingerprint density at radius 1 is 0.968 bits per heavy atom. The number of sulfonamides is 1. The lowest BCUT2D eigenvalue weighted by Crippen LogP contribution is -2.29. The van der Waals surface area contributed by atoms with Gasteiger partial charge in [-0.15, -0.1) is 0 Å². The quantitative estimate of drug-likeness (QED) is 0.542. The SMILES string of the molecule is CN(c1ccccc1C(=O)Nc1cc(C(F)(F)F)ccc1Cl)S(=O)(=O)c1ccccc1. The molecule has 3 rings (SSSR count). The number of amides is 1. The van der Waals surface area contributed by atoms with E-state index in [0.717, 1.165) is 16.4 Å². The van der Waals surface area contributed by atoms with Crippen LogP contribution in [-0.4, -0.2) is 21.4 Å². The topological polar surface area (TPSA) is 66.5 Å². The summed E-state index contributed by atoms with van der Waals surface area (Å²) in [6.07, 6.45) is -4.62. The van der Waals surface area contributed by atoms with Crippen molar-refractivity contribution in [2.45, 2.75) is 11.1 Å². The van der Waals surface area contributed by atoms with E-state index in [-0.39, 0.29) is 26.9 Å². The van der Waals surface area contributed by atoms with Gasteiger partial charge in [0, 0.05) is 7.05 Å². The van der Waals surface area contributed by atoms with Crippen LogP contribution in [0, 0.1) is 0 Å². The summed E-state index contributed by atoms with van der Waals surface area (Å²) in [5, 5.41) is 2.24. The van der Waals surface area contributed by atoms with Gasteiger partial charge in [0.1, 0.15) is 0 Å². The Labute approximate surface area is 182 Å². The number of halogens is 4. The van der Waals surface area contributed by atoms with Gasteiger partial charge in [0.2, 0.25) is 0 Å². The zero-order chi connectivity index (χ0) is 22.8. The first-order valence-electron chi connectivity index (χ1n) is 8.83. The van der Waals surface area contributed by atoms with Gasteiger partial charge in [-0.3, -0.25) is 9.10 Å². The minimum absolute atomic E-state index is 0.0219. The molecule has 0 radical (unpaired) electrons. The highest BCUT2D eigenvalue weighted by Gasteiger charge is 2.31. The standard InChI is InChI=1S/C21H16ClF3N2O3S/c1-27(31(29,30)15-7-3-2-4-8-15)19-10-6-5-9-16(19)20(28)26-18-13-14(21(23,24)25)11-12-17(18)22/h2-13H,1H3,(H,26,28). The summed E-state index contributed by atoms with van der Waals surface area (Å²) >= 11 is 5.94. The number of carbonyl (C=O) groups excluding carboxylic acids is 1. The monoisotopic (exact) mass is 468 g/mol. The van der Waals surface area contributed by atoms with Crippen LogP contribution in [0.1, 0.15) is 15.9 Å². The van der Waals surface area contributed by atoms with Crippen molar-refractivity contribution in [3.05, 3.63) is 88.9 Å². The van der Waals surface area contributed by atoms with Crippen molar-refractivity contribution in [3.63, 3.8) is 0 Å². The van der Waals surface area contributed by atoms with Crippen LogP contribution in [0.25, 0.3) is 0 Å². The second-order valence-electron chi connectivity index (χ2n) is 6.45. The molecule has 0 bridgehead atoms. The Morgan fingerprint density at radius 2 is 1.58 bits per heavy atom. The Balaban J connectivity index is 1.97. The molecular weight excluding hydrogens is 453 g/mol. The highest BCUT2D eigenvalue weighted by molar-refractivity contribution is 7.92. The molecule has 5 nitrogen and oxygen atoms in total. The van der Waals surface area contributed by atoms with Gasteiger partial charge in [-0.1, -0.05) is 41.9 Å². The van der Waals surface area contributed by atoms with Gasteiger partial charge in [-0.05, 0) is 42.5 Å². The normalized spacial score (nSPS) is 11.8. The van der Waals surface area contributed by atoms with Gasteiger partial charge in [-0.2, -0.15) is 13.2 Å². The number of rotatable bonds is 5. The Kier molecular flexibility index (Phi) is 6.28. The molecule has 3 aromatic rings. The highest BCUT2D eigenvalue weighted by Crippen LogP contribution is 2.34. The smallest absolute Gasteiger partial charge is 0.321 e. The highest BCUT2D eigenvalue weighted by atomic mass is 35.5. The van der Waals surface area contributed by atoms with E-state index in [1.165, 1.54) is 37.4 Å². The predicted molar refractivity (Wildman–Crippen MR) is 113 cm³/mol. The molecule has 0 unspecified atom stereocenters. The average molecular weight is 469 g/mol. The molecule has 3 aromatic carbocycles. The summed E-state index contributed by atoms with van der Waals surface area (Å²) < 4.78 is 65.8. The van der Waals surface area contributed by atoms with E-state index in [9.17, 15) is 26.4 Å². The summed E-state index contributed by atoms with van der Waals surface area (Å²) in [7, 11) is -2.69. The minimum Gasteiger partial charge on any atom is -0.321 e. The summed E-state index contributed by atoms with van der Waals surface area (Å²) in [6.45, 7) is 0. The zero-order valence-corrected chi connectivity index (χ0v) is 17.6. The van der Waals surface area contributed by atoms with E-state index in [2.05, 4.69) is 5.32 Å². The van der Waals surface area contributed by atoms with Crippen molar-refractivity contribution >= 4 is 38.9 Å². The van der Waals surface area contributed by atoms with E-state index in [1.54, 1.807) is 24.3 Å². The molecular formula is C21H16ClF3N2O3S. The Bertz CT molecular complexity index is 1220. The van der Waals surface area contributed by atoms with E-state index >= 15 is 0 Å². The molecule has 0 heterocycles. The number of hydrogen-bond donors (Lipinski definition) is 1. The van der Waals surface area contributed by atoms with Crippen LogP contribution in [0.4, 0.5) is 24.5 Å². The Morgan fingerprint density at radius 3 is 2.23 bits per heavy atom. The maximum Gasteiger partial charge on any atom is 0.416 e. The molecule has 1 amide bonds. The largest absolute Gasteiger partial charge is 0.416 e. The third kappa shape index (κ3) is 4.83. The van der Waals surface area contributed by atoms with E-state index in [4.69, 9.17) is 11.6 Å². The number of carbonyl (C=O) groups is 1. The number of alkyl halides is 3. The van der Waals surface area contributed by atoms with Crippen LogP contribution in [0.5, 0.6) is 0 Å². The molecule has 0 aromatic heterocycles. The number of anilines is 2. The number of nitrogens with zero attached hydrogens (tertiary/aromatic N) is 1. The maximum atomic E-state index is 13.0. The van der Waals surface area contributed by atoms with Crippen LogP contribution < -0.4 is 9.62 Å². The molecule has 0 aliphatic rings. The number of hydrogen-bond acceptors (Lipinski definition) is 3. The van der Waals surface area contributed by atoms with Crippen LogP contribution >= 0.6 is 11.6 Å². The first-order chi connectivity index (χ1) is 14.5. The molecule has 0 aliphatic heterocycles. The van der Waals surface area contributed by atoms with Gasteiger partial charge in [0.05, 0.1) is 32.4 Å². The van der Waals surface area contributed by atoms with Gasteiger partial charge in [0.25, 0.3) is 15.9 Å². The summed E-state index contributed by atoms with van der Waals surface area (Å²) in [4.78, 5) is 12.9. The van der Waals surface area contributed by atoms with Crippen molar-refractivity contribution in [3.8, 4) is 0 Å². The first-order valence-corrected chi connectivity index (χ1v) is 10.6. The molecule has 0 atom stereocenters. The molecule has 0 saturated carbocycles. The molecule has 162 valence electrons. The van der Waals surface area contributed by atoms with Crippen LogP contribution in [0.2, 0.25) is 5.02 Å². The predicted octanol–water partition coefficient (Wildman–Crippen LogP) is 5.44. The molecule has 1 N–H and O–H groups in total. The van der Waals surface area contributed by atoms with Crippen molar-refractivity contribution < 1.29 is 26.4 Å². The van der Waals surface area contributed by atoms with Crippen molar-refractivity contribution in [2.24, 2.45) is 0 Å². The number of nitrogens with one attached hydrogen (secondary N) is 1. The molecule has 0 saturated heterocycles. The van der Waals surface area contributed by atoms with Crippen molar-refractivity contribution in [1.82, 2.24) is 0 Å². The van der Waals surface area contributed by atoms with Crippen LogP contribution in [0.15, 0.2) is 77.7 Å². The molecule has 0 aliphatic carbocycles. The van der Waals surface area contributed by atoms with Gasteiger partial charge < -0.3 is 5.32 Å². The fraction of sp³-hybridized carbons (Fsp3) is 0.0952. The average Bonchev–Trinajstić information content (AvgIpc) is 2.74. The maximum absolute atomic E-state index is 13.0. The summed E-state index contributed by atoms with van der Waals surface area (Å²) in [6, 6.07) is 16.0. The van der Waals surface area contributed by atoms with E-state index in [1.807, 2.05) is 0 Å². The third-order valence-corrected chi connectivity index (χ3v) is 6.55. The second kappa shape index (κ2) is 8.60. The van der Waals surface area contributed by atoms with Crippen LogP contribution in [-0.2, 0) is 16.2 Å². The molecule has 0 fully saturated rings. The van der Waals surface area contributed by atoms with E-state index in [0.29, 0.717) is 6.07 Å². The summed E-state index contributed by atoms with van der Waals surface area (Å²) in [5.41, 5.74) is -1.24. The third-order valence-electron chi connectivity index (χ3n) is 4.43. The van der Waals surface area contributed by atoms with Crippen molar-refractivity contribution in [1.29, 1.82) is 0 Å². The van der Waals surface area contributed by atoms with Gasteiger partial charge >= 0.3 is 6.18 Å². The molecule has 10 heteroatoms. The number of para-hydroxylation sites is 1. The zero-order valence-electron chi connectivity index (χ0n) is 16.0. The lowest BCUT2D eigenvalue weighted by atomic mass is 10.1.